The maximum absolute atomic E-state index is 13.0. The van der Waals surface area contributed by atoms with E-state index < -0.39 is 5.41 Å². The van der Waals surface area contributed by atoms with Gasteiger partial charge in [-0.2, -0.15) is 0 Å². The van der Waals surface area contributed by atoms with Crippen LogP contribution in [-0.2, 0) is 14.3 Å². The van der Waals surface area contributed by atoms with E-state index in [2.05, 4.69) is 45.9 Å². The predicted octanol–water partition coefficient (Wildman–Crippen LogP) is 4.84. The number of benzene rings is 1. The van der Waals surface area contributed by atoms with Gasteiger partial charge in [0.2, 0.25) is 5.91 Å². The lowest BCUT2D eigenvalue weighted by molar-refractivity contribution is -0.144. The number of nitrogens with one attached hydrogen (secondary N) is 2. The number of ether oxygens (including phenoxy) is 2. The Bertz CT molecular complexity index is 1580. The number of aryl methyl sites for hydroxylation is 1. The van der Waals surface area contributed by atoms with E-state index in [1.165, 1.54) is 25.1 Å². The minimum atomic E-state index is -0.533. The van der Waals surface area contributed by atoms with Crippen LogP contribution in [0.3, 0.4) is 0 Å². The number of nitrogens with zero attached hydrogens (tertiary/aromatic N) is 3. The molecule has 3 aromatic rings. The third kappa shape index (κ3) is 6.88. The topological polar surface area (TPSA) is 135 Å². The van der Waals surface area contributed by atoms with Crippen LogP contribution in [0.1, 0.15) is 49.4 Å². The number of rotatable bonds is 10. The summed E-state index contributed by atoms with van der Waals surface area (Å²) in [6.45, 7) is 11.5. The highest BCUT2D eigenvalue weighted by atomic mass is 16.5. The molecule has 0 spiro atoms. The van der Waals surface area contributed by atoms with Crippen LogP contribution in [-0.4, -0.2) is 60.9 Å². The molecule has 0 bridgehead atoms. The van der Waals surface area contributed by atoms with Crippen LogP contribution in [0.4, 0.5) is 11.5 Å². The molecule has 1 aliphatic rings. The van der Waals surface area contributed by atoms with Gasteiger partial charge in [0.05, 0.1) is 48.3 Å². The molecule has 2 aromatic heterocycles. The molecule has 0 saturated carbocycles. The van der Waals surface area contributed by atoms with E-state index in [1.54, 1.807) is 25.4 Å². The van der Waals surface area contributed by atoms with Gasteiger partial charge in [-0.15, -0.1) is 0 Å². The highest BCUT2D eigenvalue weighted by molar-refractivity contribution is 5.94. The Morgan fingerprint density at radius 1 is 1.26 bits per heavy atom. The molecule has 4 N–H and O–H groups in total. The van der Waals surface area contributed by atoms with Crippen molar-refractivity contribution in [2.75, 3.05) is 39.2 Å². The average molecular weight is 573 g/mol. The summed E-state index contributed by atoms with van der Waals surface area (Å²) >= 11 is 0. The number of hydrogen-bond acceptors (Lipinski definition) is 8. The van der Waals surface area contributed by atoms with Crippen molar-refractivity contribution in [1.82, 2.24) is 14.9 Å². The zero-order valence-electron chi connectivity index (χ0n) is 25.0. The lowest BCUT2D eigenvalue weighted by Gasteiger charge is -2.37. The number of carbonyl (C=O) groups is 1. The summed E-state index contributed by atoms with van der Waals surface area (Å²) < 4.78 is 10.2. The first-order chi connectivity index (χ1) is 20.0. The molecule has 10 heteroatoms. The number of carbonyl (C=O) groups excluding carboxylic acids is 1. The number of allylic oxidation sites excluding steroid dienone is 1. The number of aliphatic imine (C=N–C) groups is 1. The summed E-state index contributed by atoms with van der Waals surface area (Å²) in [5.41, 5.74) is 9.48. The van der Waals surface area contributed by atoms with Crippen LogP contribution < -0.4 is 16.6 Å². The summed E-state index contributed by atoms with van der Waals surface area (Å²) in [4.78, 5) is 39.3. The molecule has 10 nitrogen and oxygen atoms in total. The van der Waals surface area contributed by atoms with Gasteiger partial charge in [0.25, 0.3) is 5.56 Å². The number of H-pyrrole nitrogens is 1. The largest absolute Gasteiger partial charge is 0.496 e. The predicted molar refractivity (Wildman–Crippen MR) is 168 cm³/mol. The fourth-order valence-corrected chi connectivity index (χ4v) is 5.36. The van der Waals surface area contributed by atoms with E-state index in [4.69, 9.17) is 15.2 Å². The van der Waals surface area contributed by atoms with E-state index in [0.717, 1.165) is 37.2 Å². The first-order valence-electron chi connectivity index (χ1n) is 13.9. The number of hydrogen-bond donors (Lipinski definition) is 3. The number of likely N-dealkylation sites (tertiary alicyclic amines) is 1. The van der Waals surface area contributed by atoms with Crippen molar-refractivity contribution in [1.29, 1.82) is 0 Å². The van der Waals surface area contributed by atoms with Gasteiger partial charge >= 0.3 is 0 Å². The van der Waals surface area contributed by atoms with Crippen molar-refractivity contribution in [3.05, 3.63) is 82.2 Å². The molecule has 1 saturated heterocycles. The van der Waals surface area contributed by atoms with Gasteiger partial charge in [0, 0.05) is 32.1 Å². The number of methoxy groups -OCH3 is 2. The van der Waals surface area contributed by atoms with Crippen LogP contribution in [0, 0.1) is 12.3 Å². The van der Waals surface area contributed by atoms with E-state index in [-0.39, 0.29) is 11.5 Å². The monoisotopic (exact) mass is 572 g/mol. The van der Waals surface area contributed by atoms with Gasteiger partial charge in [-0.05, 0) is 80.3 Å². The van der Waals surface area contributed by atoms with Crippen molar-refractivity contribution in [2.45, 2.75) is 39.5 Å². The first kappa shape index (κ1) is 30.5. The standard InChI is InChI=1S/C32H40N6O4/c1-20-15-24(7-8-25(20)22-10-13-38(14-11-22)31(40)32(3,4)19-41-5)36-29-28-23(9-12-35-30(28)39)16-27(37-29)26(33)18-34-17-21(2)42-6/h7-9,12,15-18,22H,2,10-11,13-14,19,33H2,1,3-6H3,(H,35,39)(H,36,37)/b26-18-,34-17-. The second-order valence-electron chi connectivity index (χ2n) is 11.2. The molecule has 0 radical (unpaired) electrons. The molecule has 1 amide bonds. The molecule has 1 fully saturated rings. The van der Waals surface area contributed by atoms with E-state index in [0.29, 0.717) is 46.3 Å². The Balaban J connectivity index is 1.55. The number of anilines is 2. The smallest absolute Gasteiger partial charge is 0.259 e. The third-order valence-electron chi connectivity index (χ3n) is 7.58. The number of fused-ring (bicyclic) bond motifs is 1. The molecule has 4 rings (SSSR count). The second-order valence-corrected chi connectivity index (χ2v) is 11.2. The Morgan fingerprint density at radius 2 is 2.00 bits per heavy atom. The molecule has 1 aromatic carbocycles. The van der Waals surface area contributed by atoms with Gasteiger partial charge < -0.3 is 30.4 Å². The minimum Gasteiger partial charge on any atom is -0.496 e. The highest BCUT2D eigenvalue weighted by Gasteiger charge is 2.34. The number of pyridine rings is 2. The summed E-state index contributed by atoms with van der Waals surface area (Å²) in [5, 5.41) is 4.46. The fraction of sp³-hybridized carbons (Fsp3) is 0.375. The van der Waals surface area contributed by atoms with Crippen LogP contribution in [0.25, 0.3) is 16.5 Å². The van der Waals surface area contributed by atoms with Crippen molar-refractivity contribution in [2.24, 2.45) is 16.1 Å². The molecule has 0 aliphatic carbocycles. The Hall–Kier alpha value is -4.44. The van der Waals surface area contributed by atoms with Crippen molar-refractivity contribution < 1.29 is 14.3 Å². The van der Waals surface area contributed by atoms with E-state index >= 15 is 0 Å². The van der Waals surface area contributed by atoms with Gasteiger partial charge in [-0.1, -0.05) is 12.6 Å². The highest BCUT2D eigenvalue weighted by Crippen LogP contribution is 2.34. The summed E-state index contributed by atoms with van der Waals surface area (Å²) in [6, 6.07) is 9.74. The zero-order valence-corrected chi connectivity index (χ0v) is 25.0. The van der Waals surface area contributed by atoms with Crippen LogP contribution in [0.5, 0.6) is 0 Å². The maximum Gasteiger partial charge on any atom is 0.259 e. The fourth-order valence-electron chi connectivity index (χ4n) is 5.36. The second kappa shape index (κ2) is 13.0. The van der Waals surface area contributed by atoms with E-state index in [9.17, 15) is 9.59 Å². The van der Waals surface area contributed by atoms with Crippen LogP contribution >= 0.6 is 0 Å². The van der Waals surface area contributed by atoms with Gasteiger partial charge in [0.1, 0.15) is 11.6 Å². The molecular formula is C32H40N6O4. The van der Waals surface area contributed by atoms with Gasteiger partial charge in [-0.3, -0.25) is 14.6 Å². The van der Waals surface area contributed by atoms with Crippen LogP contribution in [0.2, 0.25) is 0 Å². The quantitative estimate of drug-likeness (QED) is 0.234. The number of piperidine rings is 1. The molecule has 3 heterocycles. The zero-order chi connectivity index (χ0) is 30.4. The minimum absolute atomic E-state index is 0.138. The normalized spacial score (nSPS) is 14.9. The summed E-state index contributed by atoms with van der Waals surface area (Å²) in [5.74, 6) is 1.28. The SMILES string of the molecule is C=C(/C=N\C=C(/N)c1cc2cc[nH]c(=O)c2c(Nc2ccc(C3CCN(C(=O)C(C)(C)COC)CC3)c(C)c2)n1)OC. The Morgan fingerprint density at radius 3 is 2.67 bits per heavy atom. The summed E-state index contributed by atoms with van der Waals surface area (Å²) in [6.07, 6.45) is 6.31. The molecule has 0 atom stereocenters. The Kier molecular flexibility index (Phi) is 9.47. The molecule has 222 valence electrons. The van der Waals surface area contributed by atoms with Crippen molar-refractivity contribution in [3.63, 3.8) is 0 Å². The molecule has 42 heavy (non-hydrogen) atoms. The molecule has 0 unspecified atom stereocenters. The molecule has 1 aliphatic heterocycles. The lowest BCUT2D eigenvalue weighted by atomic mass is 9.85. The average Bonchev–Trinajstić information content (AvgIpc) is 2.96. The van der Waals surface area contributed by atoms with Crippen LogP contribution in [0.15, 0.2) is 64.9 Å². The van der Waals surface area contributed by atoms with E-state index in [1.807, 2.05) is 24.8 Å². The van der Waals surface area contributed by atoms with Gasteiger partial charge in [-0.25, -0.2) is 4.98 Å². The third-order valence-corrected chi connectivity index (χ3v) is 7.58. The summed E-state index contributed by atoms with van der Waals surface area (Å²) in [7, 11) is 3.13. The number of aromatic nitrogens is 2. The number of aromatic amines is 1. The molecular weight excluding hydrogens is 532 g/mol. The van der Waals surface area contributed by atoms with Crippen molar-refractivity contribution >= 4 is 40.1 Å². The first-order valence-corrected chi connectivity index (χ1v) is 13.9. The maximum atomic E-state index is 13.0. The van der Waals surface area contributed by atoms with Crippen molar-refractivity contribution in [3.8, 4) is 0 Å². The number of nitrogens with two attached hydrogens (primary N) is 1. The Labute approximate surface area is 246 Å². The lowest BCUT2D eigenvalue weighted by Crippen LogP contribution is -2.46. The number of amides is 1. The van der Waals surface area contributed by atoms with Gasteiger partial charge in [0.15, 0.2) is 0 Å².